The van der Waals surface area contributed by atoms with Gasteiger partial charge in [-0.25, -0.2) is 17.5 Å². The van der Waals surface area contributed by atoms with Gasteiger partial charge in [-0.2, -0.15) is 0 Å². The zero-order valence-corrected chi connectivity index (χ0v) is 16.2. The lowest BCUT2D eigenvalue weighted by atomic mass is 10.0. The van der Waals surface area contributed by atoms with E-state index >= 15 is 0 Å². The normalized spacial score (nSPS) is 13.4. The van der Waals surface area contributed by atoms with Crippen molar-refractivity contribution in [3.05, 3.63) is 63.6 Å². The Kier molecular flexibility index (Phi) is 4.96. The number of oxazole rings is 1. The fourth-order valence-electron chi connectivity index (χ4n) is 2.94. The first-order chi connectivity index (χ1) is 12.3. The number of halogens is 1. The summed E-state index contributed by atoms with van der Waals surface area (Å²) in [5.41, 5.74) is 1.71. The number of nitrogens with zero attached hydrogens (tertiary/aromatic N) is 2. The highest BCUT2D eigenvalue weighted by Crippen LogP contribution is 2.28. The molecule has 1 unspecified atom stereocenters. The average Bonchev–Trinajstić information content (AvgIpc) is 2.92. The molecule has 0 bridgehead atoms. The Bertz CT molecular complexity index is 1100. The Hall–Kier alpha value is -2.09. The van der Waals surface area contributed by atoms with Crippen molar-refractivity contribution in [3.8, 4) is 0 Å². The van der Waals surface area contributed by atoms with Crippen molar-refractivity contribution in [2.75, 3.05) is 14.1 Å². The summed E-state index contributed by atoms with van der Waals surface area (Å²) in [4.78, 5) is 12.6. The van der Waals surface area contributed by atoms with Crippen molar-refractivity contribution in [1.29, 1.82) is 0 Å². The molecule has 3 rings (SSSR count). The second-order valence-electron chi connectivity index (χ2n) is 6.13. The van der Waals surface area contributed by atoms with E-state index in [4.69, 9.17) is 16.0 Å². The van der Waals surface area contributed by atoms with E-state index in [1.807, 2.05) is 19.1 Å². The first-order valence-corrected chi connectivity index (χ1v) is 9.90. The predicted molar refractivity (Wildman–Crippen MR) is 101 cm³/mol. The molecule has 8 heteroatoms. The third-order valence-electron chi connectivity index (χ3n) is 4.32. The van der Waals surface area contributed by atoms with Crippen LogP contribution in [0.3, 0.4) is 0 Å². The highest BCUT2D eigenvalue weighted by atomic mass is 35.5. The number of fused-ring (bicyclic) bond motifs is 1. The van der Waals surface area contributed by atoms with E-state index in [9.17, 15) is 13.2 Å². The minimum atomic E-state index is -3.61. The first-order valence-electron chi connectivity index (χ1n) is 8.08. The van der Waals surface area contributed by atoms with Gasteiger partial charge in [0.2, 0.25) is 10.0 Å². The van der Waals surface area contributed by atoms with E-state index in [2.05, 4.69) is 0 Å². The summed E-state index contributed by atoms with van der Waals surface area (Å²) in [5, 5.41) is 0.617. The monoisotopic (exact) mass is 394 g/mol. The van der Waals surface area contributed by atoms with Crippen molar-refractivity contribution in [2.45, 2.75) is 24.3 Å². The van der Waals surface area contributed by atoms with Gasteiger partial charge < -0.3 is 4.42 Å². The maximum atomic E-state index is 12.5. The molecule has 0 fully saturated rings. The van der Waals surface area contributed by atoms with E-state index in [1.54, 1.807) is 22.8 Å². The summed E-state index contributed by atoms with van der Waals surface area (Å²) in [6.07, 6.45) is 0.661. The highest BCUT2D eigenvalue weighted by Gasteiger charge is 2.23. The van der Waals surface area contributed by atoms with Gasteiger partial charge in [0.05, 0.1) is 16.5 Å². The van der Waals surface area contributed by atoms with E-state index in [0.29, 0.717) is 17.0 Å². The quantitative estimate of drug-likeness (QED) is 0.664. The third-order valence-corrected chi connectivity index (χ3v) is 6.38. The average molecular weight is 395 g/mol. The van der Waals surface area contributed by atoms with Crippen LogP contribution in [0.4, 0.5) is 0 Å². The zero-order valence-electron chi connectivity index (χ0n) is 14.6. The Labute approximate surface area is 156 Å². The van der Waals surface area contributed by atoms with Gasteiger partial charge in [-0.1, -0.05) is 30.7 Å². The molecule has 3 aromatic rings. The smallest absolute Gasteiger partial charge is 0.408 e. The number of hydrogen-bond donors (Lipinski definition) is 0. The minimum Gasteiger partial charge on any atom is -0.408 e. The number of rotatable bonds is 5. The zero-order chi connectivity index (χ0) is 19.1. The van der Waals surface area contributed by atoms with Crippen LogP contribution < -0.4 is 5.76 Å². The molecular weight excluding hydrogens is 376 g/mol. The van der Waals surface area contributed by atoms with Crippen LogP contribution in [0.1, 0.15) is 24.9 Å². The Morgan fingerprint density at radius 2 is 1.81 bits per heavy atom. The molecule has 0 aliphatic rings. The maximum Gasteiger partial charge on any atom is 0.420 e. The van der Waals surface area contributed by atoms with Crippen LogP contribution in [-0.4, -0.2) is 31.4 Å². The predicted octanol–water partition coefficient (Wildman–Crippen LogP) is 3.50. The third kappa shape index (κ3) is 3.18. The largest absolute Gasteiger partial charge is 0.420 e. The molecule has 2 aromatic carbocycles. The molecule has 0 saturated heterocycles. The SMILES string of the molecule is CCC(c1ccc(Cl)cc1)n1c(=O)oc2cc(S(=O)(=O)N(C)C)ccc21. The van der Waals surface area contributed by atoms with Crippen LogP contribution >= 0.6 is 11.6 Å². The molecular formula is C18H19ClN2O4S. The molecule has 138 valence electrons. The fourth-order valence-corrected chi connectivity index (χ4v) is 3.98. The van der Waals surface area contributed by atoms with Gasteiger partial charge in [0.25, 0.3) is 0 Å². The van der Waals surface area contributed by atoms with Crippen molar-refractivity contribution in [1.82, 2.24) is 8.87 Å². The van der Waals surface area contributed by atoms with Crippen molar-refractivity contribution in [2.24, 2.45) is 0 Å². The van der Waals surface area contributed by atoms with Crippen molar-refractivity contribution in [3.63, 3.8) is 0 Å². The summed E-state index contributed by atoms with van der Waals surface area (Å²) >= 11 is 5.95. The van der Waals surface area contributed by atoms with Crippen molar-refractivity contribution >= 4 is 32.7 Å². The molecule has 0 aliphatic carbocycles. The van der Waals surface area contributed by atoms with Gasteiger partial charge in [0, 0.05) is 25.2 Å². The summed E-state index contributed by atoms with van der Waals surface area (Å²) in [7, 11) is -0.702. The standard InChI is InChI=1S/C18H19ClN2O4S/c1-4-15(12-5-7-13(19)8-6-12)21-16-10-9-14(26(23,24)20(2)3)11-17(16)25-18(21)22/h5-11,15H,4H2,1-3H3. The Morgan fingerprint density at radius 3 is 2.38 bits per heavy atom. The van der Waals surface area contributed by atoms with Crippen LogP contribution in [0.25, 0.3) is 11.1 Å². The molecule has 1 atom stereocenters. The molecule has 0 N–H and O–H groups in total. The van der Waals surface area contributed by atoms with E-state index in [-0.39, 0.29) is 16.5 Å². The number of sulfonamides is 1. The minimum absolute atomic E-state index is 0.0791. The fraction of sp³-hybridized carbons (Fsp3) is 0.278. The molecule has 26 heavy (non-hydrogen) atoms. The number of benzene rings is 2. The number of hydrogen-bond acceptors (Lipinski definition) is 4. The van der Waals surface area contributed by atoms with Gasteiger partial charge in [0.15, 0.2) is 5.58 Å². The highest BCUT2D eigenvalue weighted by molar-refractivity contribution is 7.89. The van der Waals surface area contributed by atoms with Crippen LogP contribution in [0.5, 0.6) is 0 Å². The summed E-state index contributed by atoms with van der Waals surface area (Å²) in [6.45, 7) is 1.97. The van der Waals surface area contributed by atoms with Gasteiger partial charge in [-0.3, -0.25) is 4.57 Å². The van der Waals surface area contributed by atoms with Gasteiger partial charge in [-0.15, -0.1) is 0 Å². The lowest BCUT2D eigenvalue weighted by Gasteiger charge is -2.17. The molecule has 0 radical (unpaired) electrons. The molecule has 0 aliphatic heterocycles. The van der Waals surface area contributed by atoms with E-state index < -0.39 is 15.8 Å². The van der Waals surface area contributed by atoms with E-state index in [0.717, 1.165) is 9.87 Å². The van der Waals surface area contributed by atoms with Gasteiger partial charge in [0.1, 0.15) is 0 Å². The second kappa shape index (κ2) is 6.90. The van der Waals surface area contributed by atoms with E-state index in [1.165, 1.54) is 26.2 Å². The molecule has 0 saturated carbocycles. The van der Waals surface area contributed by atoms with Crippen LogP contribution in [0.2, 0.25) is 5.02 Å². The Balaban J connectivity index is 2.16. The molecule has 0 spiro atoms. The molecule has 0 amide bonds. The lowest BCUT2D eigenvalue weighted by Crippen LogP contribution is -2.22. The number of aromatic nitrogens is 1. The summed E-state index contributed by atoms with van der Waals surface area (Å²) < 4.78 is 32.6. The lowest BCUT2D eigenvalue weighted by molar-refractivity contribution is 0.468. The van der Waals surface area contributed by atoms with Crippen LogP contribution in [0.15, 0.2) is 56.6 Å². The summed E-state index contributed by atoms with van der Waals surface area (Å²) in [6, 6.07) is 11.5. The van der Waals surface area contributed by atoms with Crippen LogP contribution in [-0.2, 0) is 10.0 Å². The Morgan fingerprint density at radius 1 is 1.15 bits per heavy atom. The topological polar surface area (TPSA) is 72.5 Å². The van der Waals surface area contributed by atoms with Gasteiger partial charge >= 0.3 is 5.76 Å². The maximum absolute atomic E-state index is 12.5. The second-order valence-corrected chi connectivity index (χ2v) is 8.72. The first kappa shape index (κ1) is 18.7. The van der Waals surface area contributed by atoms with Crippen LogP contribution in [0, 0.1) is 0 Å². The van der Waals surface area contributed by atoms with Crippen molar-refractivity contribution < 1.29 is 12.8 Å². The molecule has 1 aromatic heterocycles. The summed E-state index contributed by atoms with van der Waals surface area (Å²) in [5.74, 6) is -0.527. The molecule has 1 heterocycles. The molecule has 6 nitrogen and oxygen atoms in total. The van der Waals surface area contributed by atoms with Gasteiger partial charge in [-0.05, 0) is 36.2 Å².